The number of piperidine rings is 1. The molecular formula is C10H20N2O2. The smallest absolute Gasteiger partial charge is 0.225 e. The van der Waals surface area contributed by atoms with E-state index in [1.807, 2.05) is 6.92 Å². The Kier molecular flexibility index (Phi) is 4.35. The third-order valence-corrected chi connectivity index (χ3v) is 2.67. The van der Waals surface area contributed by atoms with E-state index in [2.05, 4.69) is 5.32 Å². The number of hydrogen-bond donors (Lipinski definition) is 2. The molecule has 0 aromatic heterocycles. The molecule has 0 aliphatic carbocycles. The number of aliphatic hydroxyl groups is 1. The van der Waals surface area contributed by atoms with E-state index in [1.165, 1.54) is 0 Å². The van der Waals surface area contributed by atoms with E-state index < -0.39 is 6.10 Å². The fourth-order valence-electron chi connectivity index (χ4n) is 1.87. The van der Waals surface area contributed by atoms with Gasteiger partial charge in [-0.3, -0.25) is 4.79 Å². The second kappa shape index (κ2) is 5.32. The molecule has 4 nitrogen and oxygen atoms in total. The molecule has 0 radical (unpaired) electrons. The Hall–Kier alpha value is -0.610. The molecule has 0 saturated carbocycles. The van der Waals surface area contributed by atoms with E-state index in [9.17, 15) is 9.90 Å². The zero-order chi connectivity index (χ0) is 10.6. The Morgan fingerprint density at radius 1 is 1.71 bits per heavy atom. The van der Waals surface area contributed by atoms with Gasteiger partial charge in [0.15, 0.2) is 0 Å². The van der Waals surface area contributed by atoms with Gasteiger partial charge in [0.05, 0.1) is 6.10 Å². The van der Waals surface area contributed by atoms with Gasteiger partial charge in [-0.15, -0.1) is 0 Å². The minimum Gasteiger partial charge on any atom is -0.390 e. The van der Waals surface area contributed by atoms with Crippen molar-refractivity contribution < 1.29 is 9.90 Å². The van der Waals surface area contributed by atoms with Crippen molar-refractivity contribution in [2.24, 2.45) is 5.92 Å². The normalized spacial score (nSPS) is 25.2. The number of aliphatic hydroxyl groups excluding tert-OH is 1. The van der Waals surface area contributed by atoms with Gasteiger partial charge in [-0.25, -0.2) is 0 Å². The van der Waals surface area contributed by atoms with Crippen LogP contribution in [0.15, 0.2) is 0 Å². The van der Waals surface area contributed by atoms with Crippen LogP contribution in [0.1, 0.15) is 19.8 Å². The van der Waals surface area contributed by atoms with E-state index >= 15 is 0 Å². The number of likely N-dealkylation sites (tertiary alicyclic amines) is 1. The number of nitrogens with one attached hydrogen (secondary N) is 1. The summed E-state index contributed by atoms with van der Waals surface area (Å²) in [5, 5.41) is 12.4. The zero-order valence-electron chi connectivity index (χ0n) is 8.99. The maximum atomic E-state index is 11.7. The molecule has 14 heavy (non-hydrogen) atoms. The first kappa shape index (κ1) is 11.5. The monoisotopic (exact) mass is 200 g/mol. The van der Waals surface area contributed by atoms with E-state index in [-0.39, 0.29) is 11.8 Å². The Balaban J connectivity index is 2.39. The predicted octanol–water partition coefficient (Wildman–Crippen LogP) is -0.175. The van der Waals surface area contributed by atoms with Crippen molar-refractivity contribution in [2.75, 3.05) is 26.7 Å². The van der Waals surface area contributed by atoms with E-state index in [0.717, 1.165) is 19.4 Å². The van der Waals surface area contributed by atoms with Crippen LogP contribution in [0.2, 0.25) is 0 Å². The summed E-state index contributed by atoms with van der Waals surface area (Å²) in [6.45, 7) is 3.76. The fraction of sp³-hybridized carbons (Fsp3) is 0.900. The molecule has 1 amide bonds. The van der Waals surface area contributed by atoms with E-state index in [1.54, 1.807) is 11.9 Å². The van der Waals surface area contributed by atoms with E-state index in [0.29, 0.717) is 13.1 Å². The molecule has 4 heteroatoms. The third kappa shape index (κ3) is 2.96. The molecule has 2 atom stereocenters. The average Bonchev–Trinajstić information content (AvgIpc) is 2.13. The first-order chi connectivity index (χ1) is 6.65. The Bertz CT molecular complexity index is 197. The van der Waals surface area contributed by atoms with Gasteiger partial charge >= 0.3 is 0 Å². The van der Waals surface area contributed by atoms with Crippen LogP contribution < -0.4 is 5.32 Å². The minimum absolute atomic E-state index is 0.130. The molecule has 1 fully saturated rings. The number of rotatable bonds is 4. The highest BCUT2D eigenvalue weighted by atomic mass is 16.3. The van der Waals surface area contributed by atoms with Crippen LogP contribution in [0.25, 0.3) is 0 Å². The van der Waals surface area contributed by atoms with Crippen molar-refractivity contribution in [3.63, 3.8) is 0 Å². The Labute approximate surface area is 85.3 Å². The number of carbonyl (C=O) groups is 1. The second-order valence-corrected chi connectivity index (χ2v) is 4.04. The molecule has 0 aromatic rings. The van der Waals surface area contributed by atoms with Gasteiger partial charge in [0.1, 0.15) is 0 Å². The number of β-amino-alcohol motifs (C(OH)–C–C–N with tert-alkyl or cyclic N) is 1. The molecule has 2 unspecified atom stereocenters. The van der Waals surface area contributed by atoms with Crippen LogP contribution in [0.3, 0.4) is 0 Å². The molecule has 1 rings (SSSR count). The molecular weight excluding hydrogens is 180 g/mol. The fourth-order valence-corrected chi connectivity index (χ4v) is 1.87. The van der Waals surface area contributed by atoms with Crippen molar-refractivity contribution in [3.05, 3.63) is 0 Å². The molecule has 1 aliphatic heterocycles. The first-order valence-corrected chi connectivity index (χ1v) is 5.26. The summed E-state index contributed by atoms with van der Waals surface area (Å²) in [6, 6.07) is 0. The van der Waals surface area contributed by atoms with Crippen molar-refractivity contribution in [1.29, 1.82) is 0 Å². The maximum absolute atomic E-state index is 11.7. The molecule has 1 aliphatic rings. The molecule has 0 bridgehead atoms. The number of carbonyl (C=O) groups excluding carboxylic acids is 1. The molecule has 1 heterocycles. The molecule has 82 valence electrons. The van der Waals surface area contributed by atoms with Gasteiger partial charge in [0.2, 0.25) is 5.91 Å². The van der Waals surface area contributed by atoms with Gasteiger partial charge in [-0.1, -0.05) is 6.92 Å². The number of amides is 1. The second-order valence-electron chi connectivity index (χ2n) is 4.04. The highest BCUT2D eigenvalue weighted by Gasteiger charge is 2.26. The lowest BCUT2D eigenvalue weighted by Gasteiger charge is -2.32. The predicted molar refractivity (Wildman–Crippen MR) is 54.9 cm³/mol. The average molecular weight is 200 g/mol. The summed E-state index contributed by atoms with van der Waals surface area (Å²) in [7, 11) is 1.80. The largest absolute Gasteiger partial charge is 0.390 e. The lowest BCUT2D eigenvalue weighted by atomic mass is 9.99. The molecule has 0 spiro atoms. The van der Waals surface area contributed by atoms with Gasteiger partial charge in [0, 0.05) is 25.6 Å². The van der Waals surface area contributed by atoms with Crippen molar-refractivity contribution in [3.8, 4) is 0 Å². The van der Waals surface area contributed by atoms with Gasteiger partial charge < -0.3 is 15.3 Å². The van der Waals surface area contributed by atoms with Crippen molar-refractivity contribution >= 4 is 5.91 Å². The SMILES string of the molecule is CNCC(O)CN1CCCC(C)C1=O. The topological polar surface area (TPSA) is 52.6 Å². The standard InChI is InChI=1S/C10H20N2O2/c1-8-4-3-5-12(10(8)14)7-9(13)6-11-2/h8-9,11,13H,3-7H2,1-2H3. The van der Waals surface area contributed by atoms with Crippen LogP contribution >= 0.6 is 0 Å². The van der Waals surface area contributed by atoms with Gasteiger partial charge in [0.25, 0.3) is 0 Å². The van der Waals surface area contributed by atoms with E-state index in [4.69, 9.17) is 0 Å². The summed E-state index contributed by atoms with van der Waals surface area (Å²) < 4.78 is 0. The lowest BCUT2D eigenvalue weighted by Crippen LogP contribution is -2.46. The van der Waals surface area contributed by atoms with Crippen LogP contribution in [-0.4, -0.2) is 48.7 Å². The lowest BCUT2D eigenvalue weighted by molar-refractivity contribution is -0.139. The molecule has 1 saturated heterocycles. The third-order valence-electron chi connectivity index (χ3n) is 2.67. The summed E-state index contributed by atoms with van der Waals surface area (Å²) >= 11 is 0. The summed E-state index contributed by atoms with van der Waals surface area (Å²) in [6.07, 6.45) is 1.59. The molecule has 2 N–H and O–H groups in total. The van der Waals surface area contributed by atoms with Crippen LogP contribution in [-0.2, 0) is 4.79 Å². The highest BCUT2D eigenvalue weighted by molar-refractivity contribution is 5.79. The molecule has 0 aromatic carbocycles. The maximum Gasteiger partial charge on any atom is 0.225 e. The minimum atomic E-state index is -0.450. The summed E-state index contributed by atoms with van der Waals surface area (Å²) in [4.78, 5) is 13.4. The number of likely N-dealkylation sites (N-methyl/N-ethyl adjacent to an activating group) is 1. The Morgan fingerprint density at radius 3 is 3.07 bits per heavy atom. The van der Waals surface area contributed by atoms with Crippen LogP contribution in [0.5, 0.6) is 0 Å². The first-order valence-electron chi connectivity index (χ1n) is 5.26. The van der Waals surface area contributed by atoms with Crippen LogP contribution in [0, 0.1) is 5.92 Å². The quantitative estimate of drug-likeness (QED) is 0.662. The number of nitrogens with zero attached hydrogens (tertiary/aromatic N) is 1. The van der Waals surface area contributed by atoms with Crippen molar-refractivity contribution in [2.45, 2.75) is 25.9 Å². The summed E-state index contributed by atoms with van der Waals surface area (Å²) in [5.74, 6) is 0.317. The van der Waals surface area contributed by atoms with Gasteiger partial charge in [-0.05, 0) is 19.9 Å². The Morgan fingerprint density at radius 2 is 2.43 bits per heavy atom. The zero-order valence-corrected chi connectivity index (χ0v) is 8.99. The summed E-state index contributed by atoms with van der Waals surface area (Å²) in [5.41, 5.74) is 0. The van der Waals surface area contributed by atoms with Crippen LogP contribution in [0.4, 0.5) is 0 Å². The van der Waals surface area contributed by atoms with Crippen molar-refractivity contribution in [1.82, 2.24) is 10.2 Å². The van der Waals surface area contributed by atoms with Gasteiger partial charge in [-0.2, -0.15) is 0 Å². The number of hydrogen-bond acceptors (Lipinski definition) is 3. The highest BCUT2D eigenvalue weighted by Crippen LogP contribution is 2.17.